The zero-order valence-electron chi connectivity index (χ0n) is 4.13. The number of aromatic nitrogens is 2. The average molecular weight is 102 g/mol. The summed E-state index contributed by atoms with van der Waals surface area (Å²) in [7, 11) is 0. The van der Waals surface area contributed by atoms with Crippen molar-refractivity contribution in [3.8, 4) is 0 Å². The van der Waals surface area contributed by atoms with Crippen LogP contribution in [0.25, 0.3) is 0 Å². The topological polar surface area (TPSA) is 25.8 Å². The molecule has 0 unspecified atom stereocenters. The van der Waals surface area contributed by atoms with Crippen LogP contribution in [0.4, 0.5) is 0 Å². The van der Waals surface area contributed by atoms with Crippen LogP contribution in [0, 0.1) is 6.20 Å². The molecule has 0 aliphatic rings. The Hall–Kier alpha value is 0.0800. The fourth-order valence-corrected chi connectivity index (χ4v) is 0.225. The van der Waals surface area contributed by atoms with Crippen LogP contribution in [0.5, 0.6) is 0 Å². The maximum Gasteiger partial charge on any atom is 1.00 e. The summed E-state index contributed by atoms with van der Waals surface area (Å²) in [6.07, 6.45) is 7.24. The third-order valence-electron chi connectivity index (χ3n) is 0.434. The monoisotopic (exact) mass is 102 g/mol. The van der Waals surface area contributed by atoms with Crippen LogP contribution in [0.2, 0.25) is 0 Å². The molecule has 0 amide bonds. The Morgan fingerprint density at radius 2 is 2.14 bits per heavy atom. The molecular formula is C4H3N2Na. The van der Waals surface area contributed by atoms with Gasteiger partial charge in [-0.05, 0) is 12.4 Å². The number of rotatable bonds is 0. The smallest absolute Gasteiger partial charge is 0.456 e. The van der Waals surface area contributed by atoms with Crippen molar-refractivity contribution < 1.29 is 29.6 Å². The van der Waals surface area contributed by atoms with Crippen LogP contribution < -0.4 is 29.6 Å². The third-order valence-corrected chi connectivity index (χ3v) is 0.434. The van der Waals surface area contributed by atoms with Crippen LogP contribution in [0.1, 0.15) is 0 Å². The van der Waals surface area contributed by atoms with Gasteiger partial charge in [-0.15, -0.1) is 12.4 Å². The van der Waals surface area contributed by atoms with Gasteiger partial charge in [-0.2, -0.15) is 0 Å². The minimum atomic E-state index is 0. The minimum absolute atomic E-state index is 0. The predicted octanol–water partition coefficient (Wildman–Crippen LogP) is -2.72. The van der Waals surface area contributed by atoms with E-state index in [1.807, 2.05) is 0 Å². The molecule has 0 radical (unpaired) electrons. The number of hydrogen-bond acceptors (Lipinski definition) is 2. The number of hydrogen-bond donors (Lipinski definition) is 0. The molecule has 0 aliphatic heterocycles. The van der Waals surface area contributed by atoms with Gasteiger partial charge in [0.2, 0.25) is 0 Å². The minimum Gasteiger partial charge on any atom is -0.456 e. The summed E-state index contributed by atoms with van der Waals surface area (Å²) in [6.45, 7) is 0. The normalized spacial score (nSPS) is 6.86. The van der Waals surface area contributed by atoms with E-state index in [1.165, 1.54) is 6.20 Å². The zero-order valence-corrected chi connectivity index (χ0v) is 6.13. The second kappa shape index (κ2) is 4.24. The van der Waals surface area contributed by atoms with Gasteiger partial charge in [-0.25, -0.2) is 0 Å². The standard InChI is InChI=1S/C4H3N2.Na/c1-2-6-4-3-5-1;/h1-3H;/q-1;+1. The van der Waals surface area contributed by atoms with Crippen LogP contribution in [-0.2, 0) is 0 Å². The summed E-state index contributed by atoms with van der Waals surface area (Å²) >= 11 is 0. The Labute approximate surface area is 64.3 Å². The van der Waals surface area contributed by atoms with Crippen LogP contribution in [0.3, 0.4) is 0 Å². The van der Waals surface area contributed by atoms with E-state index in [4.69, 9.17) is 0 Å². The van der Waals surface area contributed by atoms with Gasteiger partial charge in [-0.1, -0.05) is 0 Å². The molecule has 1 rings (SSSR count). The first kappa shape index (κ1) is 7.08. The SMILES string of the molecule is [Na+].[c-]1cnccn1. The van der Waals surface area contributed by atoms with Crippen molar-refractivity contribution in [3.05, 3.63) is 24.8 Å². The maximum absolute atomic E-state index is 3.67. The average Bonchev–Trinajstić information content (AvgIpc) is 1.72. The number of nitrogens with zero attached hydrogens (tertiary/aromatic N) is 2. The molecule has 7 heavy (non-hydrogen) atoms. The van der Waals surface area contributed by atoms with Crippen LogP contribution in [0.15, 0.2) is 18.6 Å². The quantitative estimate of drug-likeness (QED) is 0.263. The first-order chi connectivity index (χ1) is 3.00. The Morgan fingerprint density at radius 3 is 2.29 bits per heavy atom. The first-order valence-corrected chi connectivity index (χ1v) is 1.62. The molecule has 0 atom stereocenters. The van der Waals surface area contributed by atoms with E-state index in [9.17, 15) is 0 Å². The molecule has 30 valence electrons. The van der Waals surface area contributed by atoms with Crippen molar-refractivity contribution in [2.45, 2.75) is 0 Å². The Bertz CT molecular complexity index is 81.6. The summed E-state index contributed by atoms with van der Waals surface area (Å²) in [5, 5.41) is 0. The van der Waals surface area contributed by atoms with E-state index in [-0.39, 0.29) is 29.6 Å². The van der Waals surface area contributed by atoms with Gasteiger partial charge in [0.1, 0.15) is 0 Å². The fraction of sp³-hybridized carbons (Fsp3) is 0. The van der Waals surface area contributed by atoms with Gasteiger partial charge < -0.3 is 9.97 Å². The second-order valence-electron chi connectivity index (χ2n) is 0.835. The molecule has 0 aromatic carbocycles. The molecule has 2 nitrogen and oxygen atoms in total. The summed E-state index contributed by atoms with van der Waals surface area (Å²) in [5.41, 5.74) is 0. The fourth-order valence-electron chi connectivity index (χ4n) is 0.225. The first-order valence-electron chi connectivity index (χ1n) is 1.62. The maximum atomic E-state index is 3.67. The van der Waals surface area contributed by atoms with E-state index < -0.39 is 0 Å². The molecule has 0 bridgehead atoms. The molecule has 1 heterocycles. The predicted molar refractivity (Wildman–Crippen MR) is 20.9 cm³/mol. The van der Waals surface area contributed by atoms with Crippen LogP contribution in [-0.4, -0.2) is 9.97 Å². The van der Waals surface area contributed by atoms with E-state index in [0.29, 0.717) is 0 Å². The van der Waals surface area contributed by atoms with Gasteiger partial charge in [0.25, 0.3) is 0 Å². The van der Waals surface area contributed by atoms with Crippen LogP contribution >= 0.6 is 0 Å². The molecule has 3 heteroatoms. The molecule has 0 saturated carbocycles. The van der Waals surface area contributed by atoms with E-state index in [0.717, 1.165) is 0 Å². The van der Waals surface area contributed by atoms with Crippen molar-refractivity contribution in [2.75, 3.05) is 0 Å². The van der Waals surface area contributed by atoms with Crippen molar-refractivity contribution in [1.29, 1.82) is 0 Å². The molecule has 1 aromatic rings. The summed E-state index contributed by atoms with van der Waals surface area (Å²) in [4.78, 5) is 7.26. The largest absolute Gasteiger partial charge is 1.00 e. The van der Waals surface area contributed by atoms with Gasteiger partial charge in [0, 0.05) is 0 Å². The molecule has 0 aliphatic carbocycles. The van der Waals surface area contributed by atoms with Crippen molar-refractivity contribution in [3.63, 3.8) is 0 Å². The van der Waals surface area contributed by atoms with E-state index in [2.05, 4.69) is 16.2 Å². The molecule has 0 N–H and O–H groups in total. The summed E-state index contributed by atoms with van der Waals surface area (Å²) in [6, 6.07) is 0. The Balaban J connectivity index is 0.000000360. The molecule has 0 fully saturated rings. The Morgan fingerprint density at radius 1 is 1.29 bits per heavy atom. The second-order valence-corrected chi connectivity index (χ2v) is 0.835. The molecular weight excluding hydrogens is 99.0 g/mol. The van der Waals surface area contributed by atoms with E-state index in [1.54, 1.807) is 12.4 Å². The third kappa shape index (κ3) is 2.74. The Kier molecular flexibility index (Phi) is 4.29. The van der Waals surface area contributed by atoms with Crippen molar-refractivity contribution in [1.82, 2.24) is 9.97 Å². The van der Waals surface area contributed by atoms with Crippen molar-refractivity contribution >= 4 is 0 Å². The summed E-state index contributed by atoms with van der Waals surface area (Å²) < 4.78 is 0. The van der Waals surface area contributed by atoms with Crippen molar-refractivity contribution in [2.24, 2.45) is 0 Å². The molecule has 0 saturated heterocycles. The zero-order chi connectivity index (χ0) is 4.24. The van der Waals surface area contributed by atoms with E-state index >= 15 is 0 Å². The van der Waals surface area contributed by atoms with Gasteiger partial charge >= 0.3 is 29.6 Å². The van der Waals surface area contributed by atoms with Gasteiger partial charge in [0.05, 0.1) is 0 Å². The summed E-state index contributed by atoms with van der Waals surface area (Å²) in [5.74, 6) is 0. The van der Waals surface area contributed by atoms with Gasteiger partial charge in [-0.3, -0.25) is 0 Å². The molecule has 0 spiro atoms. The molecule has 1 aromatic heterocycles. The van der Waals surface area contributed by atoms with Gasteiger partial charge in [0.15, 0.2) is 0 Å².